The third-order valence-electron chi connectivity index (χ3n) is 1.88. The molecule has 0 N–H and O–H groups in total. The van der Waals surface area contributed by atoms with Crippen LogP contribution >= 0.6 is 11.3 Å². The Morgan fingerprint density at radius 2 is 1.94 bits per heavy atom. The summed E-state index contributed by atoms with van der Waals surface area (Å²) in [7, 11) is -5.92. The van der Waals surface area contributed by atoms with Gasteiger partial charge in [0.05, 0.1) is 10.2 Å². The van der Waals surface area contributed by atoms with Gasteiger partial charge in [-0.1, -0.05) is 0 Å². The van der Waals surface area contributed by atoms with Gasteiger partial charge in [-0.2, -0.15) is 21.6 Å². The van der Waals surface area contributed by atoms with Crippen molar-refractivity contribution in [2.75, 3.05) is 0 Å². The van der Waals surface area contributed by atoms with E-state index in [4.69, 9.17) is 0 Å². The van der Waals surface area contributed by atoms with E-state index in [1.54, 1.807) is 0 Å². The Hall–Kier alpha value is -1.42. The zero-order valence-corrected chi connectivity index (χ0v) is 9.87. The van der Waals surface area contributed by atoms with Crippen LogP contribution in [0, 0.1) is 5.82 Å². The van der Waals surface area contributed by atoms with E-state index >= 15 is 0 Å². The third kappa shape index (κ3) is 2.12. The molecule has 0 bridgehead atoms. The minimum atomic E-state index is -5.92. The van der Waals surface area contributed by atoms with Gasteiger partial charge in [0.1, 0.15) is 5.52 Å². The second-order valence-corrected chi connectivity index (χ2v) is 5.48. The Balaban J connectivity index is 2.56. The van der Waals surface area contributed by atoms with Crippen LogP contribution in [0.3, 0.4) is 0 Å². The summed E-state index contributed by atoms with van der Waals surface area (Å²) in [6.45, 7) is 0. The number of rotatable bonds is 2. The lowest BCUT2D eigenvalue weighted by Gasteiger charge is -2.10. The van der Waals surface area contributed by atoms with E-state index < -0.39 is 27.2 Å². The zero-order valence-electron chi connectivity index (χ0n) is 8.23. The number of fused-ring (bicyclic) bond motifs is 1. The van der Waals surface area contributed by atoms with Crippen LogP contribution in [0.2, 0.25) is 0 Å². The molecule has 1 aromatic heterocycles. The number of alkyl halides is 3. The van der Waals surface area contributed by atoms with Gasteiger partial charge in [-0.25, -0.2) is 9.37 Å². The predicted octanol–water partition coefficient (Wildman–Crippen LogP) is 2.66. The van der Waals surface area contributed by atoms with Crippen molar-refractivity contribution in [2.45, 2.75) is 5.51 Å². The SMILES string of the molecule is O=S(=O)(Oc1c(F)ccc2scnc12)C(F)(F)F. The average Bonchev–Trinajstić information content (AvgIpc) is 2.68. The highest BCUT2D eigenvalue weighted by atomic mass is 32.2. The Labute approximate surface area is 102 Å². The quantitative estimate of drug-likeness (QED) is 0.486. The van der Waals surface area contributed by atoms with Crippen LogP contribution in [0.4, 0.5) is 17.6 Å². The maximum atomic E-state index is 13.3. The number of benzene rings is 1. The highest BCUT2D eigenvalue weighted by Gasteiger charge is 2.49. The lowest BCUT2D eigenvalue weighted by molar-refractivity contribution is -0.0500. The summed E-state index contributed by atoms with van der Waals surface area (Å²) < 4.78 is 75.4. The Morgan fingerprint density at radius 1 is 1.28 bits per heavy atom. The normalized spacial score (nSPS) is 12.9. The zero-order chi connectivity index (χ0) is 13.6. The van der Waals surface area contributed by atoms with Crippen LogP contribution in [0.25, 0.3) is 10.2 Å². The summed E-state index contributed by atoms with van der Waals surface area (Å²) >= 11 is 1.01. The molecule has 0 radical (unpaired) electrons. The molecule has 4 nitrogen and oxygen atoms in total. The molecular formula is C8H3F4NO3S2. The molecule has 0 aliphatic carbocycles. The van der Waals surface area contributed by atoms with E-state index in [2.05, 4.69) is 9.17 Å². The van der Waals surface area contributed by atoms with Gasteiger partial charge in [0.2, 0.25) is 5.75 Å². The molecule has 0 atom stereocenters. The molecule has 0 saturated heterocycles. The van der Waals surface area contributed by atoms with Gasteiger partial charge in [0.25, 0.3) is 0 Å². The van der Waals surface area contributed by atoms with Crippen molar-refractivity contribution in [2.24, 2.45) is 0 Å². The molecule has 0 aliphatic heterocycles. The standard InChI is InChI=1S/C8H3F4NO3S2/c9-4-1-2-5-6(13-3-17-5)7(4)16-18(14,15)8(10,11)12/h1-3H. The molecule has 0 unspecified atom stereocenters. The van der Waals surface area contributed by atoms with E-state index in [9.17, 15) is 26.0 Å². The van der Waals surface area contributed by atoms with Gasteiger partial charge in [-0.3, -0.25) is 0 Å². The van der Waals surface area contributed by atoms with Crippen molar-refractivity contribution in [3.8, 4) is 5.75 Å². The van der Waals surface area contributed by atoms with Gasteiger partial charge < -0.3 is 4.18 Å². The summed E-state index contributed by atoms with van der Waals surface area (Å²) in [5.74, 6) is -2.28. The smallest absolute Gasteiger partial charge is 0.370 e. The second kappa shape index (κ2) is 4.05. The highest BCUT2D eigenvalue weighted by molar-refractivity contribution is 7.88. The number of aromatic nitrogens is 1. The molecule has 1 heterocycles. The number of halogens is 4. The van der Waals surface area contributed by atoms with Gasteiger partial charge in [-0.05, 0) is 12.1 Å². The first-order chi connectivity index (χ1) is 8.22. The second-order valence-electron chi connectivity index (χ2n) is 3.06. The molecule has 0 fully saturated rings. The summed E-state index contributed by atoms with van der Waals surface area (Å²) in [6.07, 6.45) is 0. The number of nitrogens with zero attached hydrogens (tertiary/aromatic N) is 1. The Kier molecular flexibility index (Phi) is 2.93. The molecule has 0 aliphatic rings. The van der Waals surface area contributed by atoms with Crippen molar-refractivity contribution >= 4 is 31.7 Å². The fourth-order valence-electron chi connectivity index (χ4n) is 1.12. The minimum Gasteiger partial charge on any atom is -0.370 e. The first kappa shape index (κ1) is 13.0. The van der Waals surface area contributed by atoms with E-state index in [1.807, 2.05) is 0 Å². The topological polar surface area (TPSA) is 56.3 Å². The van der Waals surface area contributed by atoms with E-state index in [-0.39, 0.29) is 5.52 Å². The summed E-state index contributed by atoms with van der Waals surface area (Å²) in [6, 6.07) is 2.07. The van der Waals surface area contributed by atoms with Crippen LogP contribution in [-0.2, 0) is 10.1 Å². The van der Waals surface area contributed by atoms with E-state index in [0.717, 1.165) is 17.4 Å². The summed E-state index contributed by atoms with van der Waals surface area (Å²) in [5, 5.41) is 0. The summed E-state index contributed by atoms with van der Waals surface area (Å²) in [4.78, 5) is 3.57. The number of thiazole rings is 1. The predicted molar refractivity (Wildman–Crippen MR) is 55.2 cm³/mol. The largest absolute Gasteiger partial charge is 0.534 e. The molecule has 18 heavy (non-hydrogen) atoms. The molecule has 1 aromatic carbocycles. The molecule has 2 rings (SSSR count). The Morgan fingerprint density at radius 3 is 2.56 bits per heavy atom. The summed E-state index contributed by atoms with van der Waals surface area (Å²) in [5.41, 5.74) is -4.66. The van der Waals surface area contributed by atoms with Gasteiger partial charge in [0.15, 0.2) is 5.82 Å². The van der Waals surface area contributed by atoms with Crippen molar-refractivity contribution in [3.63, 3.8) is 0 Å². The van der Waals surface area contributed by atoms with Crippen LogP contribution in [0.5, 0.6) is 5.75 Å². The maximum Gasteiger partial charge on any atom is 0.534 e. The minimum absolute atomic E-state index is 0.271. The molecule has 2 aromatic rings. The molecule has 0 amide bonds. The average molecular weight is 301 g/mol. The lowest BCUT2D eigenvalue weighted by atomic mass is 10.3. The molecule has 0 saturated carbocycles. The first-order valence-corrected chi connectivity index (χ1v) is 6.53. The highest BCUT2D eigenvalue weighted by Crippen LogP contribution is 2.34. The van der Waals surface area contributed by atoms with Crippen LogP contribution < -0.4 is 4.18 Å². The molecule has 0 spiro atoms. The van der Waals surface area contributed by atoms with Gasteiger partial charge in [-0.15, -0.1) is 11.3 Å². The molecular weight excluding hydrogens is 298 g/mol. The third-order valence-corrected chi connectivity index (χ3v) is 3.63. The van der Waals surface area contributed by atoms with E-state index in [1.165, 1.54) is 11.6 Å². The van der Waals surface area contributed by atoms with Crippen molar-refractivity contribution in [3.05, 3.63) is 23.5 Å². The van der Waals surface area contributed by atoms with Crippen molar-refractivity contribution in [1.29, 1.82) is 0 Å². The Bertz CT molecular complexity index is 692. The van der Waals surface area contributed by atoms with Crippen LogP contribution in [0.1, 0.15) is 0 Å². The lowest BCUT2D eigenvalue weighted by Crippen LogP contribution is -2.28. The van der Waals surface area contributed by atoms with Crippen molar-refractivity contribution in [1.82, 2.24) is 4.98 Å². The molecule has 10 heteroatoms. The number of hydrogen-bond donors (Lipinski definition) is 0. The van der Waals surface area contributed by atoms with E-state index in [0.29, 0.717) is 4.70 Å². The van der Waals surface area contributed by atoms with Crippen LogP contribution in [0.15, 0.2) is 17.6 Å². The van der Waals surface area contributed by atoms with Crippen molar-refractivity contribution < 1.29 is 30.2 Å². The number of hydrogen-bond acceptors (Lipinski definition) is 5. The van der Waals surface area contributed by atoms with Gasteiger partial charge >= 0.3 is 15.6 Å². The fraction of sp³-hybridized carbons (Fsp3) is 0.125. The first-order valence-electron chi connectivity index (χ1n) is 4.25. The van der Waals surface area contributed by atoms with Gasteiger partial charge in [0, 0.05) is 0 Å². The maximum absolute atomic E-state index is 13.3. The monoisotopic (exact) mass is 301 g/mol. The molecule has 98 valence electrons. The fourth-order valence-corrected chi connectivity index (χ4v) is 2.27. The van der Waals surface area contributed by atoms with Crippen LogP contribution in [-0.4, -0.2) is 18.9 Å².